The summed E-state index contributed by atoms with van der Waals surface area (Å²) < 4.78 is 17.0. The molecule has 0 heterocycles. The Bertz CT molecular complexity index is 1500. The second-order valence-electron chi connectivity index (χ2n) is 24.1. The Morgan fingerprint density at radius 3 is 0.793 bits per heavy atom. The second-order valence-corrected chi connectivity index (χ2v) is 24.1. The maximum Gasteiger partial charge on any atom is 0.306 e. The first-order valence-electron chi connectivity index (χ1n) is 35.9. The van der Waals surface area contributed by atoms with Gasteiger partial charge in [0.05, 0.1) is 0 Å². The van der Waals surface area contributed by atoms with E-state index in [-0.39, 0.29) is 31.1 Å². The number of hydrogen-bond donors (Lipinski definition) is 0. The third-order valence-corrected chi connectivity index (χ3v) is 15.9. The van der Waals surface area contributed by atoms with Crippen LogP contribution in [0.15, 0.2) is 72.9 Å². The van der Waals surface area contributed by atoms with E-state index in [4.69, 9.17) is 14.2 Å². The van der Waals surface area contributed by atoms with Crippen LogP contribution >= 0.6 is 0 Å². The van der Waals surface area contributed by atoms with Crippen LogP contribution in [0, 0.1) is 0 Å². The molecule has 476 valence electrons. The molecule has 0 rings (SSSR count). The van der Waals surface area contributed by atoms with Gasteiger partial charge in [-0.15, -0.1) is 0 Å². The summed E-state index contributed by atoms with van der Waals surface area (Å²) in [5, 5.41) is 0. The zero-order valence-electron chi connectivity index (χ0n) is 54.8. The van der Waals surface area contributed by atoms with Gasteiger partial charge >= 0.3 is 17.9 Å². The minimum absolute atomic E-state index is 0.0758. The summed E-state index contributed by atoms with van der Waals surface area (Å²) in [6.07, 6.45) is 92.3. The molecule has 0 aliphatic rings. The SMILES string of the molecule is CC/C=C\C/C=C\C/C=C\C/C=C\C/C=C\CCCCCCCCCCCCCC(=O)OCC(COC(=O)CCCCCCC/C=C\CCCC)OC(=O)CCCCCCCCCCCCCCCCCCCCCCCCCCCC. The van der Waals surface area contributed by atoms with Crippen molar-refractivity contribution in [1.82, 2.24) is 0 Å². The Morgan fingerprint density at radius 2 is 0.488 bits per heavy atom. The van der Waals surface area contributed by atoms with Gasteiger partial charge in [0, 0.05) is 19.3 Å². The number of allylic oxidation sites excluding steroid dienone is 12. The van der Waals surface area contributed by atoms with Crippen molar-refractivity contribution < 1.29 is 28.6 Å². The van der Waals surface area contributed by atoms with Crippen LogP contribution in [0.4, 0.5) is 0 Å². The fraction of sp³-hybridized carbons (Fsp3) is 0.803. The van der Waals surface area contributed by atoms with Crippen LogP contribution in [0.25, 0.3) is 0 Å². The number of ether oxygens (including phenoxy) is 3. The van der Waals surface area contributed by atoms with Gasteiger partial charge in [0.1, 0.15) is 13.2 Å². The predicted molar refractivity (Wildman–Crippen MR) is 358 cm³/mol. The highest BCUT2D eigenvalue weighted by Crippen LogP contribution is 2.18. The number of unbranched alkanes of at least 4 members (excludes halogenated alkanes) is 43. The lowest BCUT2D eigenvalue weighted by molar-refractivity contribution is -0.167. The topological polar surface area (TPSA) is 78.9 Å². The fourth-order valence-electron chi connectivity index (χ4n) is 10.6. The molecule has 0 amide bonds. The van der Waals surface area contributed by atoms with Gasteiger partial charge in [-0.05, 0) is 83.5 Å². The minimum atomic E-state index is -0.779. The summed E-state index contributed by atoms with van der Waals surface area (Å²) in [4.78, 5) is 38.4. The van der Waals surface area contributed by atoms with E-state index in [0.29, 0.717) is 19.3 Å². The Hall–Kier alpha value is -3.15. The predicted octanol–water partition coefficient (Wildman–Crippen LogP) is 24.8. The van der Waals surface area contributed by atoms with Crippen molar-refractivity contribution in [2.45, 2.75) is 380 Å². The fourth-order valence-corrected chi connectivity index (χ4v) is 10.6. The first kappa shape index (κ1) is 78.8. The van der Waals surface area contributed by atoms with E-state index >= 15 is 0 Å². The third-order valence-electron chi connectivity index (χ3n) is 15.9. The van der Waals surface area contributed by atoms with Gasteiger partial charge < -0.3 is 14.2 Å². The highest BCUT2D eigenvalue weighted by molar-refractivity contribution is 5.71. The minimum Gasteiger partial charge on any atom is -0.462 e. The Morgan fingerprint density at radius 1 is 0.256 bits per heavy atom. The van der Waals surface area contributed by atoms with Crippen LogP contribution in [-0.4, -0.2) is 37.2 Å². The Labute approximate surface area is 510 Å². The van der Waals surface area contributed by atoms with Crippen LogP contribution in [0.3, 0.4) is 0 Å². The Balaban J connectivity index is 4.19. The average molecular weight is 1150 g/mol. The first-order valence-corrected chi connectivity index (χ1v) is 35.9. The molecule has 0 bridgehead atoms. The van der Waals surface area contributed by atoms with Crippen LogP contribution in [-0.2, 0) is 28.6 Å². The molecular weight excluding hydrogens is 1010 g/mol. The second kappa shape index (κ2) is 70.3. The molecule has 0 aromatic rings. The lowest BCUT2D eigenvalue weighted by atomic mass is 10.0. The highest BCUT2D eigenvalue weighted by atomic mass is 16.6. The average Bonchev–Trinajstić information content (AvgIpc) is 3.48. The first-order chi connectivity index (χ1) is 40.5. The summed E-state index contributed by atoms with van der Waals surface area (Å²) in [7, 11) is 0. The van der Waals surface area contributed by atoms with Gasteiger partial charge in [0.25, 0.3) is 0 Å². The van der Waals surface area contributed by atoms with Crippen LogP contribution < -0.4 is 0 Å². The van der Waals surface area contributed by atoms with E-state index in [1.54, 1.807) is 0 Å². The van der Waals surface area contributed by atoms with Gasteiger partial charge in [-0.25, -0.2) is 0 Å². The molecule has 0 aliphatic carbocycles. The molecular formula is C76H136O6. The van der Waals surface area contributed by atoms with Crippen molar-refractivity contribution in [2.75, 3.05) is 13.2 Å². The molecule has 0 radical (unpaired) electrons. The van der Waals surface area contributed by atoms with E-state index in [1.165, 1.54) is 238 Å². The molecule has 82 heavy (non-hydrogen) atoms. The molecule has 6 nitrogen and oxygen atoms in total. The lowest BCUT2D eigenvalue weighted by Crippen LogP contribution is -2.30. The van der Waals surface area contributed by atoms with Crippen LogP contribution in [0.5, 0.6) is 0 Å². The molecule has 0 aromatic carbocycles. The molecule has 0 N–H and O–H groups in total. The van der Waals surface area contributed by atoms with E-state index in [2.05, 4.69) is 93.7 Å². The normalized spacial score (nSPS) is 12.5. The van der Waals surface area contributed by atoms with Crippen molar-refractivity contribution in [3.63, 3.8) is 0 Å². The van der Waals surface area contributed by atoms with E-state index in [1.807, 2.05) is 0 Å². The van der Waals surface area contributed by atoms with Crippen molar-refractivity contribution in [3.8, 4) is 0 Å². The third kappa shape index (κ3) is 67.6. The summed E-state index contributed by atoms with van der Waals surface area (Å²) >= 11 is 0. The van der Waals surface area contributed by atoms with E-state index in [0.717, 1.165) is 96.3 Å². The molecule has 0 aromatic heterocycles. The van der Waals surface area contributed by atoms with E-state index < -0.39 is 6.10 Å². The molecule has 1 unspecified atom stereocenters. The zero-order chi connectivity index (χ0) is 59.2. The summed E-state index contributed by atoms with van der Waals surface area (Å²) in [6, 6.07) is 0. The number of carbonyl (C=O) groups excluding carboxylic acids is 3. The number of rotatable bonds is 66. The lowest BCUT2D eigenvalue weighted by Gasteiger charge is -2.18. The number of hydrogen-bond acceptors (Lipinski definition) is 6. The van der Waals surface area contributed by atoms with Gasteiger partial charge in [-0.2, -0.15) is 0 Å². The number of carbonyl (C=O) groups is 3. The smallest absolute Gasteiger partial charge is 0.306 e. The largest absolute Gasteiger partial charge is 0.462 e. The molecule has 0 fully saturated rings. The summed E-state index contributed by atoms with van der Waals surface area (Å²) in [6.45, 7) is 6.54. The van der Waals surface area contributed by atoms with Crippen LogP contribution in [0.1, 0.15) is 374 Å². The standard InChI is InChI=1S/C76H136O6/c1-4-7-10-13-16-19-22-24-26-28-30-32-34-36-38-40-41-43-45-47-49-51-54-57-60-63-66-69-75(78)81-72-73(71-80-74(77)68-65-62-59-56-53-21-18-15-12-9-6-3)82-76(79)70-67-64-61-58-55-52-50-48-46-44-42-39-37-35-33-31-29-27-25-23-20-17-14-11-8-5-2/h7,10,15-16,18-19,24,26,30,32,36,38,73H,4-6,8-9,11-14,17,20-23,25,27-29,31,33-35,37,39-72H2,1-3H3/b10-7-,18-15-,19-16-,26-24-,32-30-,38-36-. The molecule has 0 spiro atoms. The molecule has 0 saturated heterocycles. The van der Waals surface area contributed by atoms with Crippen molar-refractivity contribution in [3.05, 3.63) is 72.9 Å². The number of esters is 3. The molecule has 0 saturated carbocycles. The van der Waals surface area contributed by atoms with E-state index in [9.17, 15) is 14.4 Å². The molecule has 0 aliphatic heterocycles. The molecule has 6 heteroatoms. The quantitative estimate of drug-likeness (QED) is 0.0261. The zero-order valence-corrected chi connectivity index (χ0v) is 54.8. The van der Waals surface area contributed by atoms with Gasteiger partial charge in [0.2, 0.25) is 0 Å². The van der Waals surface area contributed by atoms with Gasteiger partial charge in [-0.1, -0.05) is 344 Å². The molecule has 1 atom stereocenters. The van der Waals surface area contributed by atoms with Crippen LogP contribution in [0.2, 0.25) is 0 Å². The summed E-state index contributed by atoms with van der Waals surface area (Å²) in [5.41, 5.74) is 0. The highest BCUT2D eigenvalue weighted by Gasteiger charge is 2.19. The monoisotopic (exact) mass is 1150 g/mol. The maximum absolute atomic E-state index is 13.0. The summed E-state index contributed by atoms with van der Waals surface area (Å²) in [5.74, 6) is -0.867. The van der Waals surface area contributed by atoms with Gasteiger partial charge in [0.15, 0.2) is 6.10 Å². The van der Waals surface area contributed by atoms with Crippen molar-refractivity contribution in [1.29, 1.82) is 0 Å². The Kier molecular flexibility index (Phi) is 67.6. The maximum atomic E-state index is 13.0. The van der Waals surface area contributed by atoms with Crippen molar-refractivity contribution in [2.24, 2.45) is 0 Å². The van der Waals surface area contributed by atoms with Gasteiger partial charge in [-0.3, -0.25) is 14.4 Å². The van der Waals surface area contributed by atoms with Crippen molar-refractivity contribution >= 4 is 17.9 Å².